The van der Waals surface area contributed by atoms with Crippen molar-refractivity contribution in [2.75, 3.05) is 52.6 Å². The van der Waals surface area contributed by atoms with E-state index in [2.05, 4.69) is 107 Å². The molecule has 6 aliphatic rings. The van der Waals surface area contributed by atoms with E-state index in [-0.39, 0.29) is 33.5 Å². The summed E-state index contributed by atoms with van der Waals surface area (Å²) >= 11 is 0. The van der Waals surface area contributed by atoms with Gasteiger partial charge in [-0.2, -0.15) is 0 Å². The van der Waals surface area contributed by atoms with Gasteiger partial charge in [0.15, 0.2) is 0 Å². The molecule has 60 heavy (non-hydrogen) atoms. The van der Waals surface area contributed by atoms with Gasteiger partial charge in [-0.15, -0.1) is 0 Å². The fourth-order valence-corrected chi connectivity index (χ4v) is 9.28. The molecule has 0 radical (unpaired) electrons. The minimum Gasteiger partial charge on any atom is -0.667 e. The third kappa shape index (κ3) is 9.11. The van der Waals surface area contributed by atoms with Crippen LogP contribution in [0.15, 0.2) is 24.3 Å². The van der Waals surface area contributed by atoms with E-state index in [1.807, 2.05) is 0 Å². The second-order valence-corrected chi connectivity index (χ2v) is 21.1. The molecule has 2 aromatic carbocycles. The average Bonchev–Trinajstić information content (AvgIpc) is 3.59. The van der Waals surface area contributed by atoms with Crippen molar-refractivity contribution >= 4 is 42.8 Å². The first-order chi connectivity index (χ1) is 27.8. The summed E-state index contributed by atoms with van der Waals surface area (Å²) < 4.78 is 56.8. The van der Waals surface area contributed by atoms with E-state index in [4.69, 9.17) is 46.2 Å². The standard InChI is InChI=1S/2C19H31B3NO7/c2*1-18(2,3)13-11-14-16(15(12-13)19(4,5)6)27-22(29-20(24)28-21(25)30-22)17(14)23-7-9-26-10-8-23/h2*11-12,17,24-25H,7-10H2,1-6H3/q2*-1/p+2/t2*17-/m10/s1. The minimum atomic E-state index is -2.54. The minimum absolute atomic E-state index is 0.0703. The number of benzene rings is 2. The normalized spacial score (nSPS) is 24.9. The van der Waals surface area contributed by atoms with Gasteiger partial charge in [0.25, 0.3) is 0 Å². The van der Waals surface area contributed by atoms with Gasteiger partial charge in [0, 0.05) is 11.1 Å². The lowest BCUT2D eigenvalue weighted by Crippen LogP contribution is -3.17. The predicted octanol–water partition coefficient (Wildman–Crippen LogP) is 0.252. The molecule has 0 aliphatic carbocycles. The van der Waals surface area contributed by atoms with E-state index in [0.29, 0.717) is 37.9 Å². The summed E-state index contributed by atoms with van der Waals surface area (Å²) in [4.78, 5) is 2.35. The number of morpholine rings is 2. The van der Waals surface area contributed by atoms with Gasteiger partial charge in [0.05, 0.1) is 76.0 Å². The van der Waals surface area contributed by atoms with Gasteiger partial charge in [0.2, 0.25) is 0 Å². The molecule has 6 aliphatic heterocycles. The molecule has 8 rings (SSSR count). The lowest BCUT2D eigenvalue weighted by Gasteiger charge is -2.48. The van der Waals surface area contributed by atoms with Crippen molar-refractivity contribution in [3.05, 3.63) is 57.6 Å². The molecule has 0 aromatic heterocycles. The Morgan fingerprint density at radius 1 is 0.483 bits per heavy atom. The summed E-state index contributed by atoms with van der Waals surface area (Å²) in [5, 5.41) is 40.5. The third-order valence-electron chi connectivity index (χ3n) is 12.5. The van der Waals surface area contributed by atoms with Crippen molar-refractivity contribution in [2.24, 2.45) is 0 Å². The van der Waals surface area contributed by atoms with Crippen LogP contribution in [0.1, 0.15) is 128 Å². The van der Waals surface area contributed by atoms with Crippen molar-refractivity contribution in [1.29, 1.82) is 0 Å². The zero-order valence-corrected chi connectivity index (χ0v) is 37.5. The molecular formula is C38H64B6N2O14. The first-order valence-electron chi connectivity index (χ1n) is 21.4. The maximum absolute atomic E-state index is 10.1. The molecule has 2 atom stereocenters. The topological polar surface area (TPSA) is 182 Å². The van der Waals surface area contributed by atoms with Crippen molar-refractivity contribution in [3.63, 3.8) is 0 Å². The first kappa shape index (κ1) is 45.9. The van der Waals surface area contributed by atoms with Crippen LogP contribution in [0.5, 0.6) is 11.5 Å². The third-order valence-corrected chi connectivity index (χ3v) is 12.5. The molecule has 16 nitrogen and oxygen atoms in total. The zero-order valence-electron chi connectivity index (χ0n) is 37.5. The number of ether oxygens (including phenoxy) is 2. The number of quaternary nitrogens is 2. The van der Waals surface area contributed by atoms with Crippen LogP contribution in [0.25, 0.3) is 0 Å². The number of hydrogen-bond donors (Lipinski definition) is 6. The van der Waals surface area contributed by atoms with E-state index < -0.39 is 42.8 Å². The number of fused-ring (bicyclic) bond motifs is 2. The monoisotopic (exact) mass is 838 g/mol. The smallest absolute Gasteiger partial charge is 0.582 e. The Labute approximate surface area is 356 Å². The highest BCUT2D eigenvalue weighted by Crippen LogP contribution is 2.50. The molecule has 0 saturated carbocycles. The van der Waals surface area contributed by atoms with E-state index in [0.717, 1.165) is 48.4 Å². The van der Waals surface area contributed by atoms with Gasteiger partial charge < -0.3 is 76.1 Å². The number of nitrogens with one attached hydrogen (secondary N) is 2. The summed E-state index contributed by atoms with van der Waals surface area (Å²) in [7, 11) is -6.53. The molecule has 0 bridgehead atoms. The van der Waals surface area contributed by atoms with Gasteiger partial charge in [-0.05, 0) is 56.0 Å². The zero-order chi connectivity index (χ0) is 43.8. The second kappa shape index (κ2) is 16.5. The first-order valence-corrected chi connectivity index (χ1v) is 21.4. The second-order valence-electron chi connectivity index (χ2n) is 21.1. The van der Waals surface area contributed by atoms with Crippen molar-refractivity contribution in [2.45, 2.75) is 117 Å². The van der Waals surface area contributed by atoms with Crippen LogP contribution in [0.2, 0.25) is 0 Å². The fraction of sp³-hybridized carbons (Fsp3) is 0.684. The van der Waals surface area contributed by atoms with Crippen molar-refractivity contribution < 1.29 is 76.1 Å². The van der Waals surface area contributed by atoms with Gasteiger partial charge in [-0.3, -0.25) is 0 Å². The maximum atomic E-state index is 10.1. The molecule has 0 unspecified atom stereocenters. The Bertz CT molecular complexity index is 1720. The summed E-state index contributed by atoms with van der Waals surface area (Å²) in [5.41, 5.74) is 5.89. The summed E-state index contributed by atoms with van der Waals surface area (Å²) in [6.45, 7) is 26.3. The molecule has 4 fully saturated rings. The molecule has 6 heterocycles. The van der Waals surface area contributed by atoms with E-state index >= 15 is 0 Å². The average molecular weight is 838 g/mol. The summed E-state index contributed by atoms with van der Waals surface area (Å²) in [6, 6.07) is 8.70. The number of hydrogen-bond acceptors (Lipinski definition) is 14. The lowest BCUT2D eigenvalue weighted by atomic mass is 9.62. The van der Waals surface area contributed by atoms with Gasteiger partial charge in [-0.1, -0.05) is 95.2 Å². The molecule has 2 aromatic rings. The molecule has 0 amide bonds. The van der Waals surface area contributed by atoms with Crippen LogP contribution in [-0.2, 0) is 58.6 Å². The van der Waals surface area contributed by atoms with Crippen molar-refractivity contribution in [1.82, 2.24) is 0 Å². The predicted molar refractivity (Wildman–Crippen MR) is 227 cm³/mol. The molecule has 4 saturated heterocycles. The highest BCUT2D eigenvalue weighted by molar-refractivity contribution is 6.79. The van der Waals surface area contributed by atoms with E-state index in [9.17, 15) is 20.1 Å². The Morgan fingerprint density at radius 2 is 0.783 bits per heavy atom. The fourth-order valence-electron chi connectivity index (χ4n) is 9.28. The molecule has 2 spiro atoms. The largest absolute Gasteiger partial charge is 0.667 e. The van der Waals surface area contributed by atoms with Crippen LogP contribution in [-0.4, -0.2) is 115 Å². The van der Waals surface area contributed by atoms with Gasteiger partial charge in [-0.25, -0.2) is 0 Å². The molecule has 328 valence electrons. The highest BCUT2D eigenvalue weighted by atomic mass is 16.9. The highest BCUT2D eigenvalue weighted by Gasteiger charge is 2.62. The summed E-state index contributed by atoms with van der Waals surface area (Å²) in [5.74, 6) is 0.697. The van der Waals surface area contributed by atoms with Gasteiger partial charge >= 0.3 is 42.8 Å². The van der Waals surface area contributed by atoms with Crippen LogP contribution in [0.3, 0.4) is 0 Å². The van der Waals surface area contributed by atoms with E-state index in [1.54, 1.807) is 0 Å². The molecule has 22 heteroatoms. The van der Waals surface area contributed by atoms with E-state index in [1.165, 1.54) is 20.9 Å². The van der Waals surface area contributed by atoms with Crippen LogP contribution in [0.4, 0.5) is 0 Å². The maximum Gasteiger partial charge on any atom is 0.582 e. The van der Waals surface area contributed by atoms with Gasteiger partial charge in [0.1, 0.15) is 0 Å². The lowest BCUT2D eigenvalue weighted by molar-refractivity contribution is -0.928. The molecular weight excluding hydrogens is 773 g/mol. The van der Waals surface area contributed by atoms with Crippen LogP contribution >= 0.6 is 0 Å². The van der Waals surface area contributed by atoms with Crippen LogP contribution < -0.4 is 19.1 Å². The molecule has 6 N–H and O–H groups in total. The van der Waals surface area contributed by atoms with Crippen LogP contribution in [0, 0.1) is 0 Å². The van der Waals surface area contributed by atoms with Crippen molar-refractivity contribution in [3.8, 4) is 11.5 Å². The quantitative estimate of drug-likeness (QED) is 0.227. The number of rotatable bonds is 2. The Balaban J connectivity index is 0.000000181. The Morgan fingerprint density at radius 3 is 1.05 bits per heavy atom. The Hall–Kier alpha value is -2.13. The SMILES string of the molecule is CC(C)(C)c1cc2c(c(C(C)(C)C)c1)O[B-]1(OB(O)OB(O)O1)[C@@H]2[NH+]1CCOCC1.CC(C)(C)c1cc2c(c(C(C)(C)C)c1)O[B-]1(OB(O)OB(O)O1)[C@H]2[NH+]1CCOCC1. The Kier molecular flexibility index (Phi) is 12.6. The summed E-state index contributed by atoms with van der Waals surface area (Å²) in [6.07, 6.45) is 0.